The van der Waals surface area contributed by atoms with Crippen molar-refractivity contribution in [2.24, 2.45) is 0 Å². The van der Waals surface area contributed by atoms with Crippen molar-refractivity contribution in [3.63, 3.8) is 0 Å². The summed E-state index contributed by atoms with van der Waals surface area (Å²) in [6.07, 6.45) is 0. The summed E-state index contributed by atoms with van der Waals surface area (Å²) in [5, 5.41) is 8.43. The summed E-state index contributed by atoms with van der Waals surface area (Å²) in [6, 6.07) is 3.24. The van der Waals surface area contributed by atoms with Crippen molar-refractivity contribution in [3.8, 4) is 11.9 Å². The molecule has 0 saturated heterocycles. The molecule has 1 rings (SSSR count). The van der Waals surface area contributed by atoms with E-state index in [1.165, 1.54) is 13.2 Å². The summed E-state index contributed by atoms with van der Waals surface area (Å²) >= 11 is 0. The molecule has 0 fully saturated rings. The maximum atomic E-state index is 8.43. The van der Waals surface area contributed by atoms with Crippen LogP contribution in [0.2, 0.25) is 0 Å². The van der Waals surface area contributed by atoms with E-state index in [0.717, 1.165) is 0 Å². The predicted molar refractivity (Wildman–Crippen MR) is 37.7 cm³/mol. The van der Waals surface area contributed by atoms with E-state index in [9.17, 15) is 0 Å². The summed E-state index contributed by atoms with van der Waals surface area (Å²) in [5.41, 5.74) is 5.46. The standard InChI is InChI=1S/C6H6N4O/c1-11-5-2-4(3-7)9-6(8)10-5/h2H,1H3,(H2,8,9,10). The Morgan fingerprint density at radius 1 is 1.64 bits per heavy atom. The maximum Gasteiger partial charge on any atom is 0.224 e. The number of nitriles is 1. The first-order chi connectivity index (χ1) is 5.26. The van der Waals surface area contributed by atoms with E-state index in [2.05, 4.69) is 9.97 Å². The lowest BCUT2D eigenvalue weighted by Gasteiger charge is -1.98. The van der Waals surface area contributed by atoms with E-state index in [1.807, 2.05) is 6.07 Å². The summed E-state index contributed by atoms with van der Waals surface area (Å²) in [7, 11) is 1.45. The van der Waals surface area contributed by atoms with Crippen molar-refractivity contribution in [1.29, 1.82) is 5.26 Å². The number of nitrogens with two attached hydrogens (primary N) is 1. The Morgan fingerprint density at radius 3 is 2.91 bits per heavy atom. The molecule has 5 heteroatoms. The van der Waals surface area contributed by atoms with Crippen molar-refractivity contribution in [2.45, 2.75) is 0 Å². The first-order valence-electron chi connectivity index (χ1n) is 2.85. The smallest absolute Gasteiger partial charge is 0.224 e. The zero-order chi connectivity index (χ0) is 8.27. The average Bonchev–Trinajstić information content (AvgIpc) is 2.03. The van der Waals surface area contributed by atoms with E-state index in [0.29, 0.717) is 5.88 Å². The molecule has 0 atom stereocenters. The third kappa shape index (κ3) is 1.55. The van der Waals surface area contributed by atoms with E-state index < -0.39 is 0 Å². The van der Waals surface area contributed by atoms with Crippen molar-refractivity contribution >= 4 is 5.95 Å². The zero-order valence-corrected chi connectivity index (χ0v) is 5.90. The Morgan fingerprint density at radius 2 is 2.36 bits per heavy atom. The number of nitrogen functional groups attached to an aromatic ring is 1. The molecule has 0 unspecified atom stereocenters. The second-order valence-electron chi connectivity index (χ2n) is 1.77. The first kappa shape index (κ1) is 7.28. The molecule has 0 aromatic carbocycles. The Balaban J connectivity index is 3.15. The molecule has 11 heavy (non-hydrogen) atoms. The molecular weight excluding hydrogens is 144 g/mol. The number of methoxy groups -OCH3 is 1. The molecule has 5 nitrogen and oxygen atoms in total. The topological polar surface area (TPSA) is 84.8 Å². The van der Waals surface area contributed by atoms with Crippen molar-refractivity contribution in [1.82, 2.24) is 9.97 Å². The molecule has 1 aromatic heterocycles. The van der Waals surface area contributed by atoms with Crippen LogP contribution in [0.1, 0.15) is 5.69 Å². The van der Waals surface area contributed by atoms with Gasteiger partial charge in [-0.2, -0.15) is 10.2 Å². The highest BCUT2D eigenvalue weighted by atomic mass is 16.5. The van der Waals surface area contributed by atoms with Crippen LogP contribution in [0.15, 0.2) is 6.07 Å². The SMILES string of the molecule is COc1cc(C#N)nc(N)n1. The van der Waals surface area contributed by atoms with Gasteiger partial charge in [0.2, 0.25) is 11.8 Å². The fourth-order valence-corrected chi connectivity index (χ4v) is 0.605. The van der Waals surface area contributed by atoms with Gasteiger partial charge in [0.1, 0.15) is 11.8 Å². The van der Waals surface area contributed by atoms with Gasteiger partial charge in [-0.25, -0.2) is 4.98 Å². The molecule has 0 spiro atoms. The van der Waals surface area contributed by atoms with E-state index in [4.69, 9.17) is 15.7 Å². The van der Waals surface area contributed by atoms with Crippen LogP contribution in [-0.2, 0) is 0 Å². The number of hydrogen-bond acceptors (Lipinski definition) is 5. The lowest BCUT2D eigenvalue weighted by molar-refractivity contribution is 0.397. The van der Waals surface area contributed by atoms with E-state index >= 15 is 0 Å². The molecule has 56 valence electrons. The van der Waals surface area contributed by atoms with Crippen LogP contribution in [0.5, 0.6) is 5.88 Å². The van der Waals surface area contributed by atoms with Gasteiger partial charge in [-0.05, 0) is 0 Å². The number of hydrogen-bond donors (Lipinski definition) is 1. The molecular formula is C6H6N4O. The fourth-order valence-electron chi connectivity index (χ4n) is 0.605. The van der Waals surface area contributed by atoms with Crippen molar-refractivity contribution in [2.75, 3.05) is 12.8 Å². The Kier molecular flexibility index (Phi) is 1.88. The Labute approximate surface area is 63.4 Å². The van der Waals surface area contributed by atoms with Crippen LogP contribution in [-0.4, -0.2) is 17.1 Å². The quantitative estimate of drug-likeness (QED) is 0.606. The van der Waals surface area contributed by atoms with Crippen LogP contribution in [0.25, 0.3) is 0 Å². The first-order valence-corrected chi connectivity index (χ1v) is 2.85. The molecule has 2 N–H and O–H groups in total. The average molecular weight is 150 g/mol. The lowest BCUT2D eigenvalue weighted by Crippen LogP contribution is -1.99. The van der Waals surface area contributed by atoms with Gasteiger partial charge in [-0.15, -0.1) is 0 Å². The van der Waals surface area contributed by atoms with Gasteiger partial charge >= 0.3 is 0 Å². The highest BCUT2D eigenvalue weighted by molar-refractivity contribution is 5.32. The number of ether oxygens (including phenoxy) is 1. The summed E-state index contributed by atoms with van der Waals surface area (Å²) in [5.74, 6) is 0.343. The number of aromatic nitrogens is 2. The zero-order valence-electron chi connectivity index (χ0n) is 5.90. The van der Waals surface area contributed by atoms with Crippen molar-refractivity contribution in [3.05, 3.63) is 11.8 Å². The third-order valence-corrected chi connectivity index (χ3v) is 1.04. The van der Waals surface area contributed by atoms with Crippen LogP contribution in [0, 0.1) is 11.3 Å². The van der Waals surface area contributed by atoms with E-state index in [1.54, 1.807) is 0 Å². The fraction of sp³-hybridized carbons (Fsp3) is 0.167. The summed E-state index contributed by atoms with van der Waals surface area (Å²) in [4.78, 5) is 7.32. The van der Waals surface area contributed by atoms with Gasteiger partial charge in [0.25, 0.3) is 0 Å². The lowest BCUT2D eigenvalue weighted by atomic mass is 10.4. The van der Waals surface area contributed by atoms with Gasteiger partial charge < -0.3 is 10.5 Å². The maximum absolute atomic E-state index is 8.43. The normalized spacial score (nSPS) is 8.73. The Hall–Kier alpha value is -1.83. The highest BCUT2D eigenvalue weighted by Crippen LogP contribution is 2.08. The monoisotopic (exact) mass is 150 g/mol. The molecule has 0 saturated carbocycles. The molecule has 0 amide bonds. The van der Waals surface area contributed by atoms with Crippen LogP contribution in [0.4, 0.5) is 5.95 Å². The van der Waals surface area contributed by atoms with Gasteiger partial charge in [-0.1, -0.05) is 0 Å². The summed E-state index contributed by atoms with van der Waals surface area (Å²) in [6.45, 7) is 0. The minimum atomic E-state index is 0.0425. The second-order valence-corrected chi connectivity index (χ2v) is 1.77. The van der Waals surface area contributed by atoms with Gasteiger partial charge in [0.15, 0.2) is 0 Å². The predicted octanol–water partition coefficient (Wildman–Crippen LogP) is -0.0609. The molecule has 0 bridgehead atoms. The van der Waals surface area contributed by atoms with Crippen LogP contribution in [0.3, 0.4) is 0 Å². The second kappa shape index (κ2) is 2.84. The molecule has 0 aliphatic heterocycles. The number of nitrogens with zero attached hydrogens (tertiary/aromatic N) is 3. The number of rotatable bonds is 1. The minimum Gasteiger partial charge on any atom is -0.481 e. The minimum absolute atomic E-state index is 0.0425. The third-order valence-electron chi connectivity index (χ3n) is 1.04. The molecule has 1 heterocycles. The number of anilines is 1. The molecule has 0 aliphatic carbocycles. The molecule has 0 radical (unpaired) electrons. The molecule has 0 aliphatic rings. The van der Waals surface area contributed by atoms with Crippen LogP contribution >= 0.6 is 0 Å². The Bertz CT molecular complexity index is 304. The van der Waals surface area contributed by atoms with Crippen molar-refractivity contribution < 1.29 is 4.74 Å². The highest BCUT2D eigenvalue weighted by Gasteiger charge is 1.99. The molecule has 1 aromatic rings. The van der Waals surface area contributed by atoms with Crippen LogP contribution < -0.4 is 10.5 Å². The van der Waals surface area contributed by atoms with Gasteiger partial charge in [0, 0.05) is 6.07 Å². The van der Waals surface area contributed by atoms with E-state index in [-0.39, 0.29) is 11.6 Å². The summed E-state index contributed by atoms with van der Waals surface area (Å²) < 4.78 is 4.76. The van der Waals surface area contributed by atoms with Gasteiger partial charge in [-0.3, -0.25) is 0 Å². The largest absolute Gasteiger partial charge is 0.481 e. The van der Waals surface area contributed by atoms with Gasteiger partial charge in [0.05, 0.1) is 7.11 Å².